The number of nitrogens with zero attached hydrogens (tertiary/aromatic N) is 2. The van der Waals surface area contributed by atoms with Gasteiger partial charge in [-0.1, -0.05) is 170 Å². The first-order chi connectivity index (χ1) is 28.1. The van der Waals surface area contributed by atoms with Gasteiger partial charge in [0.25, 0.3) is 0 Å². The van der Waals surface area contributed by atoms with Crippen molar-refractivity contribution in [3.8, 4) is 67.3 Å². The van der Waals surface area contributed by atoms with E-state index in [-0.39, 0.29) is 5.41 Å². The first kappa shape index (κ1) is 33.4. The van der Waals surface area contributed by atoms with Crippen molar-refractivity contribution in [3.05, 3.63) is 217 Å². The fraction of sp³-hybridized carbons (Fsp3) is 0.0370. The highest BCUT2D eigenvalue weighted by Gasteiger charge is 2.41. The van der Waals surface area contributed by atoms with Gasteiger partial charge in [-0.2, -0.15) is 0 Å². The summed E-state index contributed by atoms with van der Waals surface area (Å²) in [5.74, 6) is 0.709. The van der Waals surface area contributed by atoms with Gasteiger partial charge in [-0.15, -0.1) is 11.3 Å². The van der Waals surface area contributed by atoms with Crippen molar-refractivity contribution in [2.24, 2.45) is 0 Å². The van der Waals surface area contributed by atoms with Crippen molar-refractivity contribution < 1.29 is 0 Å². The van der Waals surface area contributed by atoms with Crippen LogP contribution in [0, 0.1) is 0 Å². The molecule has 1 aliphatic carbocycles. The minimum Gasteiger partial charge on any atom is -0.228 e. The first-order valence-electron chi connectivity index (χ1n) is 19.5. The normalized spacial score (nSPS) is 14.5. The third-order valence-corrected chi connectivity index (χ3v) is 13.0. The summed E-state index contributed by atoms with van der Waals surface area (Å²) in [6, 6.07) is 72.2. The minimum atomic E-state index is -0.302. The van der Waals surface area contributed by atoms with Crippen molar-refractivity contribution in [2.45, 2.75) is 12.3 Å². The molecule has 0 saturated heterocycles. The van der Waals surface area contributed by atoms with E-state index in [0.29, 0.717) is 5.82 Å². The summed E-state index contributed by atoms with van der Waals surface area (Å²) in [4.78, 5) is 10.6. The van der Waals surface area contributed by atoms with Gasteiger partial charge in [0.2, 0.25) is 0 Å². The molecule has 0 amide bonds. The minimum absolute atomic E-state index is 0.302. The van der Waals surface area contributed by atoms with Crippen molar-refractivity contribution in [2.75, 3.05) is 0 Å². The second-order valence-corrected chi connectivity index (χ2v) is 16.1. The van der Waals surface area contributed by atoms with E-state index in [1.807, 2.05) is 17.4 Å². The van der Waals surface area contributed by atoms with Gasteiger partial charge in [-0.05, 0) is 81.8 Å². The number of thiophene rings is 1. The zero-order chi connectivity index (χ0) is 37.9. The molecule has 0 saturated carbocycles. The molecule has 0 fully saturated rings. The molecular formula is C54H36N2S. The van der Waals surface area contributed by atoms with Crippen LogP contribution >= 0.6 is 11.3 Å². The molecule has 2 heterocycles. The van der Waals surface area contributed by atoms with Gasteiger partial charge in [0, 0.05) is 47.8 Å². The Morgan fingerprint density at radius 2 is 1.02 bits per heavy atom. The molecule has 10 aromatic rings. The highest BCUT2D eigenvalue weighted by Crippen LogP contribution is 2.55. The Morgan fingerprint density at radius 3 is 1.84 bits per heavy atom. The Bertz CT molecular complexity index is 3130. The lowest BCUT2D eigenvalue weighted by molar-refractivity contribution is 0.714. The summed E-state index contributed by atoms with van der Waals surface area (Å²) in [6.07, 6.45) is 0. The number of aromatic nitrogens is 2. The van der Waals surface area contributed by atoms with E-state index in [1.165, 1.54) is 64.7 Å². The maximum atomic E-state index is 5.34. The summed E-state index contributed by atoms with van der Waals surface area (Å²) >= 11 is 1.87. The van der Waals surface area contributed by atoms with Crippen LogP contribution in [0.3, 0.4) is 0 Å². The van der Waals surface area contributed by atoms with Crippen LogP contribution < -0.4 is 0 Å². The Hall–Kier alpha value is -6.94. The molecule has 0 bridgehead atoms. The molecule has 0 spiro atoms. The van der Waals surface area contributed by atoms with Gasteiger partial charge in [-0.25, -0.2) is 9.97 Å². The predicted molar refractivity (Wildman–Crippen MR) is 240 cm³/mol. The van der Waals surface area contributed by atoms with E-state index in [1.54, 1.807) is 0 Å². The van der Waals surface area contributed by atoms with E-state index in [4.69, 9.17) is 9.97 Å². The van der Waals surface area contributed by atoms with E-state index in [9.17, 15) is 0 Å². The summed E-state index contributed by atoms with van der Waals surface area (Å²) in [5.41, 5.74) is 15.8. The van der Waals surface area contributed by atoms with E-state index < -0.39 is 0 Å². The number of hydrogen-bond donors (Lipinski definition) is 0. The van der Waals surface area contributed by atoms with Gasteiger partial charge >= 0.3 is 0 Å². The Kier molecular flexibility index (Phi) is 7.84. The van der Waals surface area contributed by atoms with Gasteiger partial charge < -0.3 is 0 Å². The zero-order valence-electron chi connectivity index (χ0n) is 31.4. The molecule has 57 heavy (non-hydrogen) atoms. The van der Waals surface area contributed by atoms with Crippen LogP contribution in [0.25, 0.3) is 87.5 Å². The SMILES string of the molecule is CC1(c2ccccc2)c2ccccc2-c2c(-c3cc(-c4cccc(-c5cc(-c6ccccc6)c6sc7ccccc7c6c5)c4)nc(-c4ccccc4)n3)cccc21. The highest BCUT2D eigenvalue weighted by atomic mass is 32.1. The van der Waals surface area contributed by atoms with Gasteiger partial charge in [0.15, 0.2) is 5.82 Å². The van der Waals surface area contributed by atoms with Crippen LogP contribution in [0.1, 0.15) is 23.6 Å². The van der Waals surface area contributed by atoms with Gasteiger partial charge in [-0.3, -0.25) is 0 Å². The van der Waals surface area contributed by atoms with Crippen LogP contribution in [0.4, 0.5) is 0 Å². The summed E-state index contributed by atoms with van der Waals surface area (Å²) < 4.78 is 2.62. The molecule has 8 aromatic carbocycles. The summed E-state index contributed by atoms with van der Waals surface area (Å²) in [7, 11) is 0. The van der Waals surface area contributed by atoms with Crippen molar-refractivity contribution in [1.29, 1.82) is 0 Å². The third kappa shape index (κ3) is 5.46. The molecule has 0 radical (unpaired) electrons. The molecule has 0 N–H and O–H groups in total. The molecule has 11 rings (SSSR count). The summed E-state index contributed by atoms with van der Waals surface area (Å²) in [5, 5.41) is 2.58. The average molecular weight is 745 g/mol. The quantitative estimate of drug-likeness (QED) is 0.169. The maximum Gasteiger partial charge on any atom is 0.160 e. The van der Waals surface area contributed by atoms with Crippen LogP contribution in [-0.4, -0.2) is 9.97 Å². The topological polar surface area (TPSA) is 25.8 Å². The standard InChI is InChI=1S/C54H36N2S/c1-54(40-23-9-4-10-24-40)46-28-13-11-26-42(46)51-43(27-16-29-47(51)54)49-34-48(55-53(56-49)36-19-7-3-8-20-36)38-22-15-21-37(31-38)39-32-44(35-17-5-2-6-18-35)52-45(33-39)41-25-12-14-30-50(41)57-52/h2-34H,1H3. The molecule has 1 atom stereocenters. The van der Waals surface area contributed by atoms with Gasteiger partial charge in [0.05, 0.1) is 11.4 Å². The number of fused-ring (bicyclic) bond motifs is 6. The van der Waals surface area contributed by atoms with E-state index >= 15 is 0 Å². The van der Waals surface area contributed by atoms with Crippen molar-refractivity contribution in [3.63, 3.8) is 0 Å². The molecule has 0 aliphatic heterocycles. The number of benzene rings is 8. The monoisotopic (exact) mass is 744 g/mol. The Morgan fingerprint density at radius 1 is 0.404 bits per heavy atom. The number of hydrogen-bond acceptors (Lipinski definition) is 3. The van der Waals surface area contributed by atoms with Crippen molar-refractivity contribution >= 4 is 31.5 Å². The second-order valence-electron chi connectivity index (χ2n) is 15.0. The molecule has 2 nitrogen and oxygen atoms in total. The largest absolute Gasteiger partial charge is 0.228 e. The average Bonchev–Trinajstić information content (AvgIpc) is 3.80. The fourth-order valence-electron chi connectivity index (χ4n) is 8.97. The fourth-order valence-corrected chi connectivity index (χ4v) is 10.2. The summed E-state index contributed by atoms with van der Waals surface area (Å²) in [6.45, 7) is 2.36. The second kappa shape index (κ2) is 13.4. The molecule has 1 unspecified atom stereocenters. The van der Waals surface area contributed by atoms with Crippen LogP contribution in [0.5, 0.6) is 0 Å². The molecule has 268 valence electrons. The van der Waals surface area contributed by atoms with E-state index in [0.717, 1.165) is 33.6 Å². The molecule has 1 aliphatic rings. The predicted octanol–water partition coefficient (Wildman–Crippen LogP) is 14.5. The first-order valence-corrected chi connectivity index (χ1v) is 20.3. The molecule has 2 aromatic heterocycles. The maximum absolute atomic E-state index is 5.34. The van der Waals surface area contributed by atoms with Crippen molar-refractivity contribution in [1.82, 2.24) is 9.97 Å². The van der Waals surface area contributed by atoms with E-state index in [2.05, 4.69) is 201 Å². The zero-order valence-corrected chi connectivity index (χ0v) is 32.2. The van der Waals surface area contributed by atoms with Crippen LogP contribution in [-0.2, 0) is 5.41 Å². The number of rotatable bonds is 6. The highest BCUT2D eigenvalue weighted by molar-refractivity contribution is 7.26. The molecule has 3 heteroatoms. The van der Waals surface area contributed by atoms with Crippen LogP contribution in [0.2, 0.25) is 0 Å². The Balaban J connectivity index is 1.11. The third-order valence-electron chi connectivity index (χ3n) is 11.8. The lowest BCUT2D eigenvalue weighted by atomic mass is 9.74. The van der Waals surface area contributed by atoms with Crippen LogP contribution in [0.15, 0.2) is 200 Å². The lowest BCUT2D eigenvalue weighted by Crippen LogP contribution is -2.22. The smallest absolute Gasteiger partial charge is 0.160 e. The van der Waals surface area contributed by atoms with Gasteiger partial charge in [0.1, 0.15) is 0 Å². The lowest BCUT2D eigenvalue weighted by Gasteiger charge is -2.28. The molecular weight excluding hydrogens is 709 g/mol. The Labute approximate surface area is 336 Å².